The van der Waals surface area contributed by atoms with Gasteiger partial charge in [0.2, 0.25) is 0 Å². The fraction of sp³-hybridized carbons (Fsp3) is 0.381. The third kappa shape index (κ3) is 4.65. The lowest BCUT2D eigenvalue weighted by atomic mass is 9.85. The first-order valence-corrected chi connectivity index (χ1v) is 9.38. The molecule has 0 aliphatic carbocycles. The summed E-state index contributed by atoms with van der Waals surface area (Å²) in [6.45, 7) is 1.66. The normalized spacial score (nSPS) is 19.4. The summed E-state index contributed by atoms with van der Waals surface area (Å²) >= 11 is 0. The zero-order valence-corrected chi connectivity index (χ0v) is 16.8. The third-order valence-corrected chi connectivity index (χ3v) is 5.31. The number of amides is 1. The Hall–Kier alpha value is -3.13. The molecule has 0 spiro atoms. The van der Waals surface area contributed by atoms with Crippen LogP contribution in [0.1, 0.15) is 28.3 Å². The molecule has 0 unspecified atom stereocenters. The molecular formula is C21H25N3O5. The number of methoxy groups -OCH3 is 2. The minimum atomic E-state index is -0.480. The Balaban J connectivity index is 1.81. The first kappa shape index (κ1) is 20.6. The van der Waals surface area contributed by atoms with Crippen molar-refractivity contribution in [2.45, 2.75) is 18.4 Å². The number of nitro benzene ring substituents is 1. The highest BCUT2D eigenvalue weighted by Gasteiger charge is 2.31. The summed E-state index contributed by atoms with van der Waals surface area (Å²) in [6, 6.07) is 11.4. The van der Waals surface area contributed by atoms with Crippen molar-refractivity contribution in [1.82, 2.24) is 10.2 Å². The Labute approximate surface area is 169 Å². The summed E-state index contributed by atoms with van der Waals surface area (Å²) in [5, 5.41) is 13.9. The lowest BCUT2D eigenvalue weighted by Crippen LogP contribution is -2.48. The first-order chi connectivity index (χ1) is 13.9. The van der Waals surface area contributed by atoms with E-state index >= 15 is 0 Å². The molecule has 0 aromatic heterocycles. The largest absolute Gasteiger partial charge is 0.493 e. The van der Waals surface area contributed by atoms with Gasteiger partial charge in [-0.25, -0.2) is 0 Å². The monoisotopic (exact) mass is 399 g/mol. The maximum Gasteiger partial charge on any atom is 0.269 e. The molecule has 0 saturated carbocycles. The van der Waals surface area contributed by atoms with E-state index in [0.29, 0.717) is 17.1 Å². The SMILES string of the molecule is COc1ccc([C@H]2CN(C)CC[C@@H]2NC(=O)c2ccc([N+](=O)[O-])cc2)cc1OC. The quantitative estimate of drug-likeness (QED) is 0.593. The van der Waals surface area contributed by atoms with Crippen LogP contribution in [-0.2, 0) is 0 Å². The molecule has 1 aliphatic rings. The summed E-state index contributed by atoms with van der Waals surface area (Å²) in [7, 11) is 5.25. The number of carbonyl (C=O) groups excluding carboxylic acids is 1. The van der Waals surface area contributed by atoms with Crippen LogP contribution in [0.2, 0.25) is 0 Å². The van der Waals surface area contributed by atoms with Crippen LogP contribution in [0.5, 0.6) is 11.5 Å². The summed E-state index contributed by atoms with van der Waals surface area (Å²) in [5.74, 6) is 1.15. The number of rotatable bonds is 6. The minimum Gasteiger partial charge on any atom is -0.493 e. The molecule has 154 valence electrons. The number of ether oxygens (including phenoxy) is 2. The van der Waals surface area contributed by atoms with Crippen molar-refractivity contribution in [3.63, 3.8) is 0 Å². The van der Waals surface area contributed by atoms with Crippen LogP contribution in [0.15, 0.2) is 42.5 Å². The van der Waals surface area contributed by atoms with Gasteiger partial charge >= 0.3 is 0 Å². The highest BCUT2D eigenvalue weighted by molar-refractivity contribution is 5.94. The van der Waals surface area contributed by atoms with E-state index in [9.17, 15) is 14.9 Å². The minimum absolute atomic E-state index is 0.0379. The molecule has 2 aromatic carbocycles. The number of non-ortho nitro benzene ring substituents is 1. The molecule has 0 bridgehead atoms. The molecule has 2 aromatic rings. The second-order valence-electron chi connectivity index (χ2n) is 7.16. The molecular weight excluding hydrogens is 374 g/mol. The van der Waals surface area contributed by atoms with Gasteiger partial charge in [0.15, 0.2) is 11.5 Å². The zero-order chi connectivity index (χ0) is 21.0. The van der Waals surface area contributed by atoms with Gasteiger partial charge in [-0.15, -0.1) is 0 Å². The van der Waals surface area contributed by atoms with Crippen LogP contribution in [0, 0.1) is 10.1 Å². The lowest BCUT2D eigenvalue weighted by Gasteiger charge is -2.37. The zero-order valence-electron chi connectivity index (χ0n) is 16.8. The summed E-state index contributed by atoms with van der Waals surface area (Å²) < 4.78 is 10.8. The molecule has 1 fully saturated rings. The second kappa shape index (κ2) is 8.91. The summed E-state index contributed by atoms with van der Waals surface area (Å²) in [4.78, 5) is 25.3. The molecule has 0 radical (unpaired) electrons. The maximum absolute atomic E-state index is 12.7. The molecule has 1 aliphatic heterocycles. The highest BCUT2D eigenvalue weighted by Crippen LogP contribution is 2.34. The average molecular weight is 399 g/mol. The van der Waals surface area contributed by atoms with Crippen LogP contribution < -0.4 is 14.8 Å². The van der Waals surface area contributed by atoms with E-state index in [0.717, 1.165) is 25.1 Å². The maximum atomic E-state index is 12.7. The number of carbonyl (C=O) groups is 1. The van der Waals surface area contributed by atoms with E-state index in [1.807, 2.05) is 18.2 Å². The number of piperidine rings is 1. The number of likely N-dealkylation sites (tertiary alicyclic amines) is 1. The van der Waals surface area contributed by atoms with Gasteiger partial charge in [-0.05, 0) is 49.8 Å². The number of likely N-dealkylation sites (N-methyl/N-ethyl adjacent to an activating group) is 1. The number of hydrogen-bond donors (Lipinski definition) is 1. The van der Waals surface area contributed by atoms with E-state index in [1.54, 1.807) is 14.2 Å². The molecule has 3 rings (SSSR count). The van der Waals surface area contributed by atoms with Crippen molar-refractivity contribution >= 4 is 11.6 Å². The van der Waals surface area contributed by atoms with E-state index in [-0.39, 0.29) is 23.6 Å². The van der Waals surface area contributed by atoms with Crippen molar-refractivity contribution in [2.24, 2.45) is 0 Å². The van der Waals surface area contributed by atoms with Crippen LogP contribution in [0.3, 0.4) is 0 Å². The Morgan fingerprint density at radius 3 is 2.45 bits per heavy atom. The van der Waals surface area contributed by atoms with Crippen LogP contribution in [0.25, 0.3) is 0 Å². The van der Waals surface area contributed by atoms with Gasteiger partial charge in [0, 0.05) is 36.2 Å². The number of nitrogens with zero attached hydrogens (tertiary/aromatic N) is 2. The van der Waals surface area contributed by atoms with Gasteiger partial charge in [-0.2, -0.15) is 0 Å². The smallest absolute Gasteiger partial charge is 0.269 e. The van der Waals surface area contributed by atoms with Crippen molar-refractivity contribution in [3.8, 4) is 11.5 Å². The number of nitrogens with one attached hydrogen (secondary N) is 1. The van der Waals surface area contributed by atoms with Crippen LogP contribution in [-0.4, -0.2) is 56.1 Å². The standard InChI is InChI=1S/C21H25N3O5/c1-23-11-10-18(22-21(25)14-4-7-16(8-5-14)24(26)27)17(13-23)15-6-9-19(28-2)20(12-15)29-3/h4-9,12,17-18H,10-11,13H2,1-3H3,(H,22,25)/t17-,18+/m1/s1. The van der Waals surface area contributed by atoms with Crippen LogP contribution >= 0.6 is 0 Å². The van der Waals surface area contributed by atoms with Crippen LogP contribution in [0.4, 0.5) is 5.69 Å². The Kier molecular flexibility index (Phi) is 6.33. The topological polar surface area (TPSA) is 93.9 Å². The van der Waals surface area contributed by atoms with E-state index in [2.05, 4.69) is 17.3 Å². The molecule has 1 saturated heterocycles. The number of benzene rings is 2. The van der Waals surface area contributed by atoms with Crippen molar-refractivity contribution in [3.05, 3.63) is 63.7 Å². The number of nitro groups is 1. The highest BCUT2D eigenvalue weighted by atomic mass is 16.6. The second-order valence-corrected chi connectivity index (χ2v) is 7.16. The van der Waals surface area contributed by atoms with Gasteiger partial charge < -0.3 is 19.7 Å². The van der Waals surface area contributed by atoms with Crippen molar-refractivity contribution in [2.75, 3.05) is 34.4 Å². The predicted octanol–water partition coefficient (Wildman–Crippen LogP) is 2.83. The van der Waals surface area contributed by atoms with Gasteiger partial charge in [0.25, 0.3) is 11.6 Å². The molecule has 1 heterocycles. The van der Waals surface area contributed by atoms with Crippen molar-refractivity contribution in [1.29, 1.82) is 0 Å². The summed E-state index contributed by atoms with van der Waals surface area (Å²) in [6.07, 6.45) is 0.800. The van der Waals surface area contributed by atoms with Gasteiger partial charge in [-0.3, -0.25) is 14.9 Å². The molecule has 29 heavy (non-hydrogen) atoms. The fourth-order valence-corrected chi connectivity index (χ4v) is 3.70. The van der Waals surface area contributed by atoms with Gasteiger partial charge in [0.05, 0.1) is 19.1 Å². The first-order valence-electron chi connectivity index (χ1n) is 9.38. The van der Waals surface area contributed by atoms with E-state index < -0.39 is 4.92 Å². The Bertz CT molecular complexity index is 884. The summed E-state index contributed by atoms with van der Waals surface area (Å²) in [5.41, 5.74) is 1.42. The predicted molar refractivity (Wildman–Crippen MR) is 109 cm³/mol. The molecule has 1 amide bonds. The molecule has 8 nitrogen and oxygen atoms in total. The average Bonchev–Trinajstić information content (AvgIpc) is 2.74. The van der Waals surface area contributed by atoms with Crippen molar-refractivity contribution < 1.29 is 19.2 Å². The molecule has 1 N–H and O–H groups in total. The lowest BCUT2D eigenvalue weighted by molar-refractivity contribution is -0.384. The van der Waals surface area contributed by atoms with E-state index in [1.165, 1.54) is 24.3 Å². The van der Waals surface area contributed by atoms with Gasteiger partial charge in [-0.1, -0.05) is 6.07 Å². The van der Waals surface area contributed by atoms with E-state index in [4.69, 9.17) is 9.47 Å². The van der Waals surface area contributed by atoms with Gasteiger partial charge in [0.1, 0.15) is 0 Å². The fourth-order valence-electron chi connectivity index (χ4n) is 3.70. The number of hydrogen-bond acceptors (Lipinski definition) is 6. The molecule has 8 heteroatoms. The molecule has 2 atom stereocenters. The third-order valence-electron chi connectivity index (χ3n) is 5.31. The Morgan fingerprint density at radius 2 is 1.83 bits per heavy atom. The Morgan fingerprint density at radius 1 is 1.14 bits per heavy atom.